The zero-order valence-corrected chi connectivity index (χ0v) is 15.7. The Morgan fingerprint density at radius 1 is 0.828 bits per heavy atom. The lowest BCUT2D eigenvalue weighted by Gasteiger charge is -2.09. The van der Waals surface area contributed by atoms with E-state index in [-0.39, 0.29) is 5.56 Å². The van der Waals surface area contributed by atoms with E-state index >= 15 is 0 Å². The fourth-order valence-corrected chi connectivity index (χ4v) is 3.12. The molecule has 0 saturated heterocycles. The van der Waals surface area contributed by atoms with E-state index in [9.17, 15) is 22.0 Å². The summed E-state index contributed by atoms with van der Waals surface area (Å²) in [5.41, 5.74) is 3.38. The minimum atomic E-state index is -4.74. The number of benzene rings is 3. The lowest BCUT2D eigenvalue weighted by molar-refractivity contribution is -0.0798. The van der Waals surface area contributed by atoms with E-state index in [4.69, 9.17) is 0 Å². The molecule has 0 aliphatic carbocycles. The van der Waals surface area contributed by atoms with Crippen LogP contribution in [0.5, 0.6) is 0 Å². The van der Waals surface area contributed by atoms with Crippen molar-refractivity contribution in [2.24, 2.45) is 0 Å². The minimum absolute atomic E-state index is 0.213. The summed E-state index contributed by atoms with van der Waals surface area (Å²) in [5, 5.41) is 0. The Kier molecular flexibility index (Phi) is 6.16. The van der Waals surface area contributed by atoms with E-state index in [1.165, 1.54) is 35.9 Å². The van der Waals surface area contributed by atoms with Crippen molar-refractivity contribution >= 4 is 5.83 Å². The topological polar surface area (TPSA) is 0 Å². The van der Waals surface area contributed by atoms with Gasteiger partial charge in [0.1, 0.15) is 11.6 Å². The van der Waals surface area contributed by atoms with Crippen LogP contribution in [0, 0.1) is 5.82 Å². The molecular weight excluding hydrogens is 383 g/mol. The van der Waals surface area contributed by atoms with Crippen molar-refractivity contribution in [1.82, 2.24) is 0 Å². The fourth-order valence-electron chi connectivity index (χ4n) is 3.12. The van der Waals surface area contributed by atoms with Crippen molar-refractivity contribution in [3.8, 4) is 22.3 Å². The highest BCUT2D eigenvalue weighted by Crippen LogP contribution is 2.30. The first-order chi connectivity index (χ1) is 13.8. The van der Waals surface area contributed by atoms with Crippen molar-refractivity contribution in [2.45, 2.75) is 25.9 Å². The van der Waals surface area contributed by atoms with Crippen LogP contribution in [0.1, 0.15) is 24.5 Å². The van der Waals surface area contributed by atoms with E-state index in [2.05, 4.69) is 6.92 Å². The smallest absolute Gasteiger partial charge is 0.206 e. The summed E-state index contributed by atoms with van der Waals surface area (Å²) < 4.78 is 65.1. The Hall–Kier alpha value is -2.95. The summed E-state index contributed by atoms with van der Waals surface area (Å²) in [5.74, 6) is -1.84. The summed E-state index contributed by atoms with van der Waals surface area (Å²) >= 11 is 0. The van der Waals surface area contributed by atoms with Crippen molar-refractivity contribution in [2.75, 3.05) is 0 Å². The molecule has 0 aliphatic heterocycles. The molecule has 150 valence electrons. The van der Waals surface area contributed by atoms with E-state index < -0.39 is 23.9 Å². The van der Waals surface area contributed by atoms with Gasteiger partial charge in [0.15, 0.2) is 0 Å². The molecule has 0 fully saturated rings. The molecule has 5 heteroatoms. The normalized spacial score (nSPS) is 12.3. The second-order valence-corrected chi connectivity index (χ2v) is 6.75. The second kappa shape index (κ2) is 8.60. The quantitative estimate of drug-likeness (QED) is 0.380. The Bertz CT molecular complexity index is 997. The average molecular weight is 402 g/mol. The SMILES string of the molecule is CCCc1ccc(-c2ccc(-c3ccc(C(F)=CC(F)(F)F)cc3)c(F)c2)cc1. The number of hydrogen-bond acceptors (Lipinski definition) is 0. The van der Waals surface area contributed by atoms with Gasteiger partial charge in [-0.2, -0.15) is 13.2 Å². The Balaban J connectivity index is 1.84. The summed E-state index contributed by atoms with van der Waals surface area (Å²) in [6, 6.07) is 18.0. The van der Waals surface area contributed by atoms with Crippen LogP contribution in [-0.2, 0) is 6.42 Å². The monoisotopic (exact) mass is 402 g/mol. The first kappa shape index (κ1) is 20.8. The Morgan fingerprint density at radius 2 is 1.41 bits per heavy atom. The van der Waals surface area contributed by atoms with Gasteiger partial charge >= 0.3 is 6.18 Å². The average Bonchev–Trinajstić information content (AvgIpc) is 2.68. The summed E-state index contributed by atoms with van der Waals surface area (Å²) in [6.45, 7) is 2.11. The number of rotatable bonds is 5. The van der Waals surface area contributed by atoms with Gasteiger partial charge in [0.05, 0.1) is 6.08 Å². The highest BCUT2D eigenvalue weighted by molar-refractivity contribution is 5.72. The van der Waals surface area contributed by atoms with E-state index in [1.54, 1.807) is 12.1 Å². The van der Waals surface area contributed by atoms with Gasteiger partial charge in [0.2, 0.25) is 0 Å². The van der Waals surface area contributed by atoms with Gasteiger partial charge in [-0.3, -0.25) is 0 Å². The zero-order chi connectivity index (χ0) is 21.0. The first-order valence-electron chi connectivity index (χ1n) is 9.21. The van der Waals surface area contributed by atoms with Crippen LogP contribution in [0.25, 0.3) is 28.1 Å². The van der Waals surface area contributed by atoms with Crippen LogP contribution in [0.3, 0.4) is 0 Å². The van der Waals surface area contributed by atoms with Gasteiger partial charge in [-0.15, -0.1) is 0 Å². The number of hydrogen-bond donors (Lipinski definition) is 0. The molecule has 0 spiro atoms. The van der Waals surface area contributed by atoms with Gasteiger partial charge in [-0.25, -0.2) is 8.78 Å². The maximum absolute atomic E-state index is 14.7. The van der Waals surface area contributed by atoms with Crippen LogP contribution >= 0.6 is 0 Å². The van der Waals surface area contributed by atoms with Crippen LogP contribution in [0.15, 0.2) is 72.8 Å². The Morgan fingerprint density at radius 3 is 1.97 bits per heavy atom. The second-order valence-electron chi connectivity index (χ2n) is 6.75. The lowest BCUT2D eigenvalue weighted by atomic mass is 9.98. The predicted octanol–water partition coefficient (Wildman–Crippen LogP) is 7.98. The summed E-state index contributed by atoms with van der Waals surface area (Å²) in [6.07, 6.45) is -3.09. The van der Waals surface area contributed by atoms with Crippen LogP contribution < -0.4 is 0 Å². The molecule has 0 aromatic heterocycles. The summed E-state index contributed by atoms with van der Waals surface area (Å²) in [7, 11) is 0. The molecule has 0 nitrogen and oxygen atoms in total. The molecule has 0 aliphatic rings. The molecule has 0 N–H and O–H groups in total. The zero-order valence-electron chi connectivity index (χ0n) is 15.7. The third-order valence-electron chi connectivity index (χ3n) is 4.56. The molecule has 3 aromatic rings. The molecule has 0 unspecified atom stereocenters. The minimum Gasteiger partial charge on any atom is -0.206 e. The number of halogens is 5. The number of alkyl halides is 3. The number of aryl methyl sites for hydroxylation is 1. The number of allylic oxidation sites excluding steroid dienone is 1. The van der Waals surface area contributed by atoms with Gasteiger partial charge in [-0.05, 0) is 34.7 Å². The van der Waals surface area contributed by atoms with Crippen molar-refractivity contribution in [3.05, 3.63) is 89.8 Å². The Labute approximate surface area is 166 Å². The van der Waals surface area contributed by atoms with Gasteiger partial charge in [-0.1, -0.05) is 74.0 Å². The van der Waals surface area contributed by atoms with Crippen molar-refractivity contribution in [3.63, 3.8) is 0 Å². The lowest BCUT2D eigenvalue weighted by Crippen LogP contribution is -2.01. The highest BCUT2D eigenvalue weighted by Gasteiger charge is 2.25. The highest BCUT2D eigenvalue weighted by atomic mass is 19.4. The molecule has 0 heterocycles. The first-order valence-corrected chi connectivity index (χ1v) is 9.21. The van der Waals surface area contributed by atoms with Crippen LogP contribution in [-0.4, -0.2) is 6.18 Å². The molecule has 0 radical (unpaired) electrons. The van der Waals surface area contributed by atoms with Crippen molar-refractivity contribution < 1.29 is 22.0 Å². The largest absolute Gasteiger partial charge is 0.412 e. The van der Waals surface area contributed by atoms with E-state index in [0.717, 1.165) is 24.0 Å². The van der Waals surface area contributed by atoms with Gasteiger partial charge in [0.25, 0.3) is 0 Å². The fraction of sp³-hybridized carbons (Fsp3) is 0.167. The predicted molar refractivity (Wildman–Crippen MR) is 106 cm³/mol. The maximum Gasteiger partial charge on any atom is 0.412 e. The summed E-state index contributed by atoms with van der Waals surface area (Å²) in [4.78, 5) is 0. The standard InChI is InChI=1S/C24H19F5/c1-2-3-16-4-6-17(7-5-16)20-12-13-21(22(25)14-20)18-8-10-19(11-9-18)23(26)15-24(27,28)29/h4-15H,2-3H2,1H3. The molecule has 3 aromatic carbocycles. The van der Waals surface area contributed by atoms with Gasteiger partial charge < -0.3 is 0 Å². The third kappa shape index (κ3) is 5.31. The third-order valence-corrected chi connectivity index (χ3v) is 4.56. The van der Waals surface area contributed by atoms with Gasteiger partial charge in [0, 0.05) is 11.1 Å². The molecule has 29 heavy (non-hydrogen) atoms. The van der Waals surface area contributed by atoms with Crippen molar-refractivity contribution in [1.29, 1.82) is 0 Å². The van der Waals surface area contributed by atoms with Crippen LogP contribution in [0.4, 0.5) is 22.0 Å². The maximum atomic E-state index is 14.7. The van der Waals surface area contributed by atoms with E-state index in [1.807, 2.05) is 24.3 Å². The molecule has 0 amide bonds. The van der Waals surface area contributed by atoms with Crippen LogP contribution in [0.2, 0.25) is 0 Å². The van der Waals surface area contributed by atoms with E-state index in [0.29, 0.717) is 11.1 Å². The molecule has 3 rings (SSSR count). The molecule has 0 saturated carbocycles. The molecule has 0 bridgehead atoms. The molecule has 0 atom stereocenters. The molecular formula is C24H19F5.